The maximum Gasteiger partial charge on any atom is 0.412 e. The number of halogens is 1. The Morgan fingerprint density at radius 3 is 2.29 bits per heavy atom. The molecule has 4 aromatic carbocycles. The summed E-state index contributed by atoms with van der Waals surface area (Å²) in [5.41, 5.74) is 5.07. The zero-order valence-electron chi connectivity index (χ0n) is 39.7. The first kappa shape index (κ1) is 49.6. The summed E-state index contributed by atoms with van der Waals surface area (Å²) in [6.07, 6.45) is 13.6. The Bertz CT molecular complexity index is 2370. The maximum absolute atomic E-state index is 15.2. The fourth-order valence-corrected chi connectivity index (χ4v) is 11.3. The summed E-state index contributed by atoms with van der Waals surface area (Å²) in [6.45, 7) is 5.01. The van der Waals surface area contributed by atoms with Gasteiger partial charge in [-0.2, -0.15) is 0 Å². The molecule has 366 valence electrons. The Labute approximate surface area is 406 Å². The number of hydrogen-bond donors (Lipinski definition) is 3. The molecule has 6 atom stereocenters. The molecule has 69 heavy (non-hydrogen) atoms. The molecule has 4 aliphatic rings. The van der Waals surface area contributed by atoms with Crippen molar-refractivity contribution >= 4 is 17.7 Å². The normalized spacial score (nSPS) is 23.3. The number of carbonyl (C=O) groups excluding carboxylic acids is 2. The van der Waals surface area contributed by atoms with Gasteiger partial charge in [0.1, 0.15) is 30.0 Å². The molecule has 6 unspecified atom stereocenters. The number of oxime groups is 1. The largest absolute Gasteiger partial charge is 0.459 e. The van der Waals surface area contributed by atoms with E-state index in [0.29, 0.717) is 48.9 Å². The Kier molecular flexibility index (Phi) is 17.4. The van der Waals surface area contributed by atoms with Gasteiger partial charge in [-0.1, -0.05) is 129 Å². The van der Waals surface area contributed by atoms with Crippen molar-refractivity contribution in [3.8, 4) is 11.5 Å². The summed E-state index contributed by atoms with van der Waals surface area (Å²) in [6, 6.07) is 30.5. The van der Waals surface area contributed by atoms with Gasteiger partial charge in [0.25, 0.3) is 0 Å². The second-order valence-corrected chi connectivity index (χ2v) is 19.1. The summed E-state index contributed by atoms with van der Waals surface area (Å²) in [4.78, 5) is 36.8. The van der Waals surface area contributed by atoms with Crippen LogP contribution >= 0.6 is 0 Å². The highest BCUT2D eigenvalue weighted by molar-refractivity contribution is 6.03. The molecule has 2 saturated carbocycles. The zero-order chi connectivity index (χ0) is 48.0. The molecular weight excluding hydrogens is 874 g/mol. The van der Waals surface area contributed by atoms with Crippen molar-refractivity contribution in [3.05, 3.63) is 156 Å². The fraction of sp³-hybridized carbons (Fsp3) is 0.456. The lowest BCUT2D eigenvalue weighted by Crippen LogP contribution is -2.70. The van der Waals surface area contributed by atoms with Crippen LogP contribution in [-0.4, -0.2) is 64.5 Å². The van der Waals surface area contributed by atoms with Crippen LogP contribution in [0.15, 0.2) is 133 Å². The van der Waals surface area contributed by atoms with E-state index in [0.717, 1.165) is 72.8 Å². The number of fused-ring (bicyclic) bond motifs is 2. The molecule has 3 N–H and O–H groups in total. The van der Waals surface area contributed by atoms with Crippen molar-refractivity contribution in [2.75, 3.05) is 19.8 Å². The van der Waals surface area contributed by atoms with E-state index in [-0.39, 0.29) is 68.9 Å². The van der Waals surface area contributed by atoms with Crippen molar-refractivity contribution < 1.29 is 43.2 Å². The summed E-state index contributed by atoms with van der Waals surface area (Å²) in [5.74, 6) is -1.45. The van der Waals surface area contributed by atoms with Gasteiger partial charge in [-0.25, -0.2) is 9.18 Å². The van der Waals surface area contributed by atoms with E-state index >= 15 is 4.79 Å². The molecule has 0 aromatic heterocycles. The number of aliphatic hydroxyl groups is 2. The van der Waals surface area contributed by atoms with Gasteiger partial charge in [-0.05, 0) is 102 Å². The number of rotatable bonds is 23. The third-order valence-electron chi connectivity index (χ3n) is 14.6. The van der Waals surface area contributed by atoms with Crippen LogP contribution in [0.4, 0.5) is 9.18 Å². The molecule has 8 rings (SSSR count). The van der Waals surface area contributed by atoms with Gasteiger partial charge in [0.05, 0.1) is 18.2 Å². The van der Waals surface area contributed by atoms with E-state index in [1.807, 2.05) is 77.7 Å². The van der Waals surface area contributed by atoms with Gasteiger partial charge in [0.2, 0.25) is 11.7 Å². The standard InChI is InChI=1S/C57H68FN3O8/c1-2-33-66-57-52(61(38-42-23-26-45(58)27-24-42)53(64)30-25-40-15-9-10-16-40)36-50(60-67-39-43-19-7-4-8-20-43)48-34-44(21-11-13-31-62)47(22-12-14-32-63)54(55(48)57)49-35-46(28-29-51(49)69-57)68-56(65)59-37-41-17-5-3-6-18-41/h2-8,17-20,23-24,26-29,34-35,40,44,47,52,54-55,62-63H,1,9-16,21-22,25,30-33,36-39H2,(H,59,65). The van der Waals surface area contributed by atoms with Crippen LogP contribution in [0.1, 0.15) is 112 Å². The van der Waals surface area contributed by atoms with Gasteiger partial charge >= 0.3 is 6.09 Å². The SMILES string of the molecule is C=CCOC12Oc3ccc(OC(=O)NCc4ccccc4)cc3C3C(CCCCO)C(CCCCO)C=C(C(=NOCc4ccccc4)CC1N(Cc1ccc(F)cc1)C(=O)CCC1CCCC1)C32. The van der Waals surface area contributed by atoms with E-state index in [1.54, 1.807) is 24.3 Å². The summed E-state index contributed by atoms with van der Waals surface area (Å²) in [7, 11) is 0. The molecule has 1 aliphatic heterocycles. The zero-order valence-corrected chi connectivity index (χ0v) is 39.7. The van der Waals surface area contributed by atoms with Crippen molar-refractivity contribution in [1.82, 2.24) is 10.2 Å². The monoisotopic (exact) mass is 941 g/mol. The minimum atomic E-state index is -1.49. The number of hydrogen-bond acceptors (Lipinski definition) is 9. The van der Waals surface area contributed by atoms with E-state index in [4.69, 9.17) is 24.2 Å². The molecule has 3 aliphatic carbocycles. The Morgan fingerprint density at radius 2 is 1.58 bits per heavy atom. The molecule has 0 bridgehead atoms. The second kappa shape index (κ2) is 24.1. The number of carbonyl (C=O) groups is 2. The van der Waals surface area contributed by atoms with Gasteiger partial charge in [0, 0.05) is 50.6 Å². The number of nitrogens with one attached hydrogen (secondary N) is 1. The first-order valence-electron chi connectivity index (χ1n) is 25.1. The molecule has 0 radical (unpaired) electrons. The molecule has 2 amide bonds. The number of aliphatic hydroxyl groups excluding tert-OH is 2. The predicted octanol–water partition coefficient (Wildman–Crippen LogP) is 10.9. The smallest absolute Gasteiger partial charge is 0.412 e. The topological polar surface area (TPSA) is 139 Å². The molecule has 0 saturated heterocycles. The molecule has 1 heterocycles. The van der Waals surface area contributed by atoms with Crippen molar-refractivity contribution in [2.24, 2.45) is 28.8 Å². The van der Waals surface area contributed by atoms with Crippen LogP contribution in [0.2, 0.25) is 0 Å². The van der Waals surface area contributed by atoms with Crippen LogP contribution in [-0.2, 0) is 34.1 Å². The van der Waals surface area contributed by atoms with Gasteiger partial charge in [-0.3, -0.25) is 4.79 Å². The van der Waals surface area contributed by atoms with Gasteiger partial charge in [0.15, 0.2) is 0 Å². The Balaban J connectivity index is 1.28. The summed E-state index contributed by atoms with van der Waals surface area (Å²) >= 11 is 0. The number of amides is 2. The second-order valence-electron chi connectivity index (χ2n) is 19.1. The molecule has 4 aromatic rings. The number of unbranched alkanes of at least 4 members (excludes halogenated alkanes) is 2. The van der Waals surface area contributed by atoms with Crippen LogP contribution < -0.4 is 14.8 Å². The van der Waals surface area contributed by atoms with Crippen molar-refractivity contribution in [1.29, 1.82) is 0 Å². The third kappa shape index (κ3) is 12.1. The van der Waals surface area contributed by atoms with E-state index < -0.39 is 23.8 Å². The number of nitrogens with zero attached hydrogens (tertiary/aromatic N) is 2. The molecular formula is C57H68FN3O8. The van der Waals surface area contributed by atoms with E-state index in [1.165, 1.54) is 25.0 Å². The average Bonchev–Trinajstić information content (AvgIpc) is 3.90. The summed E-state index contributed by atoms with van der Waals surface area (Å²) < 4.78 is 35.1. The summed E-state index contributed by atoms with van der Waals surface area (Å²) in [5, 5.41) is 27.9. The fourth-order valence-electron chi connectivity index (χ4n) is 11.3. The third-order valence-corrected chi connectivity index (χ3v) is 14.6. The van der Waals surface area contributed by atoms with Crippen molar-refractivity contribution in [2.45, 2.75) is 121 Å². The molecule has 0 spiro atoms. The molecule has 11 nitrogen and oxygen atoms in total. The molecule has 2 fully saturated rings. The lowest BCUT2D eigenvalue weighted by atomic mass is 9.55. The highest BCUT2D eigenvalue weighted by atomic mass is 19.1. The lowest BCUT2D eigenvalue weighted by molar-refractivity contribution is -0.258. The van der Waals surface area contributed by atoms with Crippen LogP contribution in [0, 0.1) is 29.5 Å². The van der Waals surface area contributed by atoms with E-state index in [2.05, 4.69) is 18.0 Å². The minimum absolute atomic E-state index is 0.00697. The van der Waals surface area contributed by atoms with Crippen LogP contribution in [0.25, 0.3) is 0 Å². The lowest BCUT2D eigenvalue weighted by Gasteiger charge is -2.60. The molecule has 12 heteroatoms. The van der Waals surface area contributed by atoms with Crippen LogP contribution in [0.3, 0.4) is 0 Å². The highest BCUT2D eigenvalue weighted by Crippen LogP contribution is 2.62. The first-order valence-corrected chi connectivity index (χ1v) is 25.1. The Morgan fingerprint density at radius 1 is 0.870 bits per heavy atom. The number of benzene rings is 4. The first-order chi connectivity index (χ1) is 33.8. The highest BCUT2D eigenvalue weighted by Gasteiger charge is 2.65. The maximum atomic E-state index is 15.2. The van der Waals surface area contributed by atoms with E-state index in [9.17, 15) is 19.4 Å². The van der Waals surface area contributed by atoms with Crippen molar-refractivity contribution in [3.63, 3.8) is 0 Å². The predicted molar refractivity (Wildman–Crippen MR) is 264 cm³/mol. The quantitative estimate of drug-likeness (QED) is 0.0380. The van der Waals surface area contributed by atoms with Gasteiger partial charge < -0.3 is 39.5 Å². The van der Waals surface area contributed by atoms with Crippen LogP contribution in [0.5, 0.6) is 11.5 Å². The van der Waals surface area contributed by atoms with Gasteiger partial charge in [-0.15, -0.1) is 6.58 Å². The minimum Gasteiger partial charge on any atom is -0.459 e. The number of ether oxygens (including phenoxy) is 3. The average molecular weight is 942 g/mol. The Hall–Kier alpha value is -5.82. The number of allylic oxidation sites excluding steroid dienone is 1.